The van der Waals surface area contributed by atoms with Gasteiger partial charge in [-0.2, -0.15) is 0 Å². The summed E-state index contributed by atoms with van der Waals surface area (Å²) >= 11 is 0. The zero-order valence-corrected chi connectivity index (χ0v) is 12.6. The Morgan fingerprint density at radius 1 is 1.20 bits per heavy atom. The summed E-state index contributed by atoms with van der Waals surface area (Å²) in [5, 5.41) is 3.10. The van der Waals surface area contributed by atoms with Gasteiger partial charge in [-0.1, -0.05) is 26.0 Å². The van der Waals surface area contributed by atoms with Gasteiger partial charge in [-0.15, -0.1) is 0 Å². The van der Waals surface area contributed by atoms with Crippen molar-refractivity contribution in [2.45, 2.75) is 33.2 Å². The molecule has 3 heteroatoms. The van der Waals surface area contributed by atoms with E-state index in [1.807, 2.05) is 19.2 Å². The van der Waals surface area contributed by atoms with Crippen LogP contribution in [0.1, 0.15) is 36.6 Å². The zero-order chi connectivity index (χ0) is 14.5. The molecule has 0 atom stereocenters. The Kier molecular flexibility index (Phi) is 4.74. The molecule has 3 nitrogen and oxygen atoms in total. The number of ether oxygens (including phenoxy) is 1. The molecular weight excluding hydrogens is 248 g/mol. The summed E-state index contributed by atoms with van der Waals surface area (Å²) in [6.45, 7) is 7.17. The van der Waals surface area contributed by atoms with E-state index >= 15 is 0 Å². The Morgan fingerprint density at radius 3 is 2.70 bits per heavy atom. The average Bonchev–Trinajstić information content (AvgIpc) is 2.39. The third-order valence-electron chi connectivity index (χ3n) is 3.16. The highest BCUT2D eigenvalue weighted by Crippen LogP contribution is 2.31. The van der Waals surface area contributed by atoms with Gasteiger partial charge in [0.2, 0.25) is 0 Å². The lowest BCUT2D eigenvalue weighted by atomic mass is 10.0. The Bertz CT molecular complexity index is 579. The first-order valence-corrected chi connectivity index (χ1v) is 6.98. The molecule has 2 rings (SSSR count). The SMILES string of the molecule is CNCc1cc(Oc2cc(C)ccc2C(C)C)ccn1. The molecule has 2 aromatic rings. The van der Waals surface area contributed by atoms with E-state index in [4.69, 9.17) is 4.74 Å². The van der Waals surface area contributed by atoms with E-state index in [-0.39, 0.29) is 0 Å². The van der Waals surface area contributed by atoms with Crippen molar-refractivity contribution in [3.63, 3.8) is 0 Å². The van der Waals surface area contributed by atoms with E-state index in [1.54, 1.807) is 6.20 Å². The maximum absolute atomic E-state index is 6.07. The van der Waals surface area contributed by atoms with Gasteiger partial charge in [0.15, 0.2) is 0 Å². The maximum Gasteiger partial charge on any atom is 0.131 e. The highest BCUT2D eigenvalue weighted by atomic mass is 16.5. The van der Waals surface area contributed by atoms with Gasteiger partial charge in [0.1, 0.15) is 11.5 Å². The molecule has 1 heterocycles. The van der Waals surface area contributed by atoms with Crippen molar-refractivity contribution >= 4 is 0 Å². The van der Waals surface area contributed by atoms with Crippen molar-refractivity contribution in [3.8, 4) is 11.5 Å². The first-order chi connectivity index (χ1) is 9.60. The van der Waals surface area contributed by atoms with E-state index in [0.29, 0.717) is 5.92 Å². The van der Waals surface area contributed by atoms with Gasteiger partial charge in [0.05, 0.1) is 5.69 Å². The van der Waals surface area contributed by atoms with E-state index in [0.717, 1.165) is 23.7 Å². The van der Waals surface area contributed by atoms with Crippen LogP contribution in [-0.2, 0) is 6.54 Å². The molecule has 0 radical (unpaired) electrons. The number of pyridine rings is 1. The predicted molar refractivity (Wildman–Crippen MR) is 82.3 cm³/mol. The Morgan fingerprint density at radius 2 is 2.00 bits per heavy atom. The summed E-state index contributed by atoms with van der Waals surface area (Å²) in [4.78, 5) is 4.30. The first kappa shape index (κ1) is 14.5. The molecule has 1 N–H and O–H groups in total. The molecule has 1 aromatic heterocycles. The fourth-order valence-corrected chi connectivity index (χ4v) is 2.13. The molecule has 20 heavy (non-hydrogen) atoms. The minimum absolute atomic E-state index is 0.434. The van der Waals surface area contributed by atoms with Gasteiger partial charge < -0.3 is 10.1 Å². The average molecular weight is 270 g/mol. The van der Waals surface area contributed by atoms with Crippen LogP contribution in [0.2, 0.25) is 0 Å². The van der Waals surface area contributed by atoms with Gasteiger partial charge >= 0.3 is 0 Å². The van der Waals surface area contributed by atoms with Crippen LogP contribution in [0.15, 0.2) is 36.5 Å². The predicted octanol–water partition coefficient (Wildman–Crippen LogP) is 4.03. The van der Waals surface area contributed by atoms with Crippen LogP contribution in [0.5, 0.6) is 11.5 Å². The highest BCUT2D eigenvalue weighted by molar-refractivity contribution is 5.42. The number of aryl methyl sites for hydroxylation is 1. The number of hydrogen-bond acceptors (Lipinski definition) is 3. The molecule has 0 fully saturated rings. The number of benzene rings is 1. The van der Waals surface area contributed by atoms with E-state index in [1.165, 1.54) is 11.1 Å². The van der Waals surface area contributed by atoms with Crippen LogP contribution < -0.4 is 10.1 Å². The van der Waals surface area contributed by atoms with Gasteiger partial charge in [0, 0.05) is 18.8 Å². The van der Waals surface area contributed by atoms with Crippen LogP contribution in [-0.4, -0.2) is 12.0 Å². The molecule has 0 bridgehead atoms. The fraction of sp³-hybridized carbons (Fsp3) is 0.353. The second-order valence-corrected chi connectivity index (χ2v) is 5.31. The number of nitrogens with zero attached hydrogens (tertiary/aromatic N) is 1. The van der Waals surface area contributed by atoms with Crippen LogP contribution in [0, 0.1) is 6.92 Å². The summed E-state index contributed by atoms with van der Waals surface area (Å²) in [6.07, 6.45) is 1.78. The first-order valence-electron chi connectivity index (χ1n) is 6.98. The lowest BCUT2D eigenvalue weighted by molar-refractivity contribution is 0.471. The van der Waals surface area contributed by atoms with Crippen molar-refractivity contribution in [2.75, 3.05) is 7.05 Å². The largest absolute Gasteiger partial charge is 0.457 e. The Labute approximate surface area is 121 Å². The molecular formula is C17H22N2O. The Balaban J connectivity index is 2.29. The van der Waals surface area contributed by atoms with Crippen molar-refractivity contribution in [1.82, 2.24) is 10.3 Å². The second-order valence-electron chi connectivity index (χ2n) is 5.31. The van der Waals surface area contributed by atoms with Crippen LogP contribution in [0.3, 0.4) is 0 Å². The summed E-state index contributed by atoms with van der Waals surface area (Å²) in [5.41, 5.74) is 3.40. The number of aromatic nitrogens is 1. The van der Waals surface area contributed by atoms with Crippen molar-refractivity contribution in [3.05, 3.63) is 53.3 Å². The maximum atomic E-state index is 6.07. The van der Waals surface area contributed by atoms with Crippen molar-refractivity contribution in [2.24, 2.45) is 0 Å². The number of hydrogen-bond donors (Lipinski definition) is 1. The molecule has 0 unspecified atom stereocenters. The Hall–Kier alpha value is -1.87. The summed E-state index contributed by atoms with van der Waals surface area (Å²) in [6, 6.07) is 10.2. The highest BCUT2D eigenvalue weighted by Gasteiger charge is 2.09. The molecule has 0 saturated heterocycles. The normalized spacial score (nSPS) is 10.8. The van der Waals surface area contributed by atoms with Crippen LogP contribution in [0.25, 0.3) is 0 Å². The van der Waals surface area contributed by atoms with E-state index in [9.17, 15) is 0 Å². The lowest BCUT2D eigenvalue weighted by Crippen LogP contribution is -2.06. The van der Waals surface area contributed by atoms with E-state index in [2.05, 4.69) is 49.3 Å². The summed E-state index contributed by atoms with van der Waals surface area (Å²) in [7, 11) is 1.91. The monoisotopic (exact) mass is 270 g/mol. The lowest BCUT2D eigenvalue weighted by Gasteiger charge is -2.15. The quantitative estimate of drug-likeness (QED) is 0.891. The topological polar surface area (TPSA) is 34.1 Å². The fourth-order valence-electron chi connectivity index (χ4n) is 2.13. The third kappa shape index (κ3) is 3.58. The third-order valence-corrected chi connectivity index (χ3v) is 3.16. The van der Waals surface area contributed by atoms with Crippen molar-refractivity contribution in [1.29, 1.82) is 0 Å². The molecule has 1 aromatic carbocycles. The van der Waals surface area contributed by atoms with Gasteiger partial charge in [-0.3, -0.25) is 4.98 Å². The van der Waals surface area contributed by atoms with Crippen LogP contribution >= 0.6 is 0 Å². The standard InChI is InChI=1S/C17H22N2O/c1-12(2)16-6-5-13(3)9-17(16)20-15-7-8-19-14(10-15)11-18-4/h5-10,12,18H,11H2,1-4H3. The minimum atomic E-state index is 0.434. The van der Waals surface area contributed by atoms with Gasteiger partial charge in [-0.05, 0) is 43.1 Å². The van der Waals surface area contributed by atoms with Crippen LogP contribution in [0.4, 0.5) is 0 Å². The van der Waals surface area contributed by atoms with Gasteiger partial charge in [0.25, 0.3) is 0 Å². The second kappa shape index (κ2) is 6.53. The molecule has 0 saturated carbocycles. The number of nitrogens with one attached hydrogen (secondary N) is 1. The van der Waals surface area contributed by atoms with Gasteiger partial charge in [-0.25, -0.2) is 0 Å². The molecule has 0 aliphatic heterocycles. The molecule has 0 spiro atoms. The minimum Gasteiger partial charge on any atom is -0.457 e. The molecule has 106 valence electrons. The molecule has 0 aliphatic rings. The summed E-state index contributed by atoms with van der Waals surface area (Å²) in [5.74, 6) is 2.20. The van der Waals surface area contributed by atoms with Crippen molar-refractivity contribution < 1.29 is 4.74 Å². The molecule has 0 aliphatic carbocycles. The smallest absolute Gasteiger partial charge is 0.131 e. The van der Waals surface area contributed by atoms with E-state index < -0.39 is 0 Å². The molecule has 0 amide bonds. The number of rotatable bonds is 5. The zero-order valence-electron chi connectivity index (χ0n) is 12.6. The summed E-state index contributed by atoms with van der Waals surface area (Å²) < 4.78 is 6.07.